The van der Waals surface area contributed by atoms with Crippen LogP contribution < -0.4 is 15.4 Å². The van der Waals surface area contributed by atoms with Crippen molar-refractivity contribution in [3.05, 3.63) is 23.9 Å². The van der Waals surface area contributed by atoms with E-state index in [9.17, 15) is 27.6 Å². The number of nitrogens with zero attached hydrogens (tertiary/aromatic N) is 1. The van der Waals surface area contributed by atoms with Gasteiger partial charge in [-0.3, -0.25) is 4.79 Å². The molecular formula is C28H34F3N3O6. The van der Waals surface area contributed by atoms with E-state index in [2.05, 4.69) is 10.6 Å². The molecular weight excluding hydrogens is 531 g/mol. The number of hydrogen-bond donors (Lipinski definition) is 2. The average Bonchev–Trinajstić information content (AvgIpc) is 3.68. The zero-order valence-corrected chi connectivity index (χ0v) is 22.4. The summed E-state index contributed by atoms with van der Waals surface area (Å²) in [5.74, 6) is -3.52. The third-order valence-corrected chi connectivity index (χ3v) is 8.27. The minimum atomic E-state index is -5.28. The molecule has 0 spiro atoms. The van der Waals surface area contributed by atoms with Crippen molar-refractivity contribution in [2.45, 2.75) is 69.7 Å². The molecule has 2 aromatic rings. The van der Waals surface area contributed by atoms with Gasteiger partial charge in [0.2, 0.25) is 5.91 Å². The molecule has 5 rings (SSSR count). The van der Waals surface area contributed by atoms with Crippen LogP contribution >= 0.6 is 0 Å². The molecule has 1 saturated carbocycles. The molecule has 40 heavy (non-hydrogen) atoms. The standard InChI is InChI=1S/C28H34F3N3O6/c1-34-21-10-9-17(33-25(35)22-19(11-12-32-22)16-6-3-2-4-7-16)14-20(21)24(40-27(37)28(29,30)31)23(34)26(36)39-15-18-8-5-13-38-18/h9-10,14,16,18-19,22,32H,2-8,11-13,15H2,1H3,(H,33,35)/t18?,19-,22+/m0/s1. The quantitative estimate of drug-likeness (QED) is 0.477. The van der Waals surface area contributed by atoms with Gasteiger partial charge < -0.3 is 29.4 Å². The maximum Gasteiger partial charge on any atom is 0.491 e. The normalized spacial score (nSPS) is 23.9. The van der Waals surface area contributed by atoms with Crippen LogP contribution in [0.15, 0.2) is 18.2 Å². The monoisotopic (exact) mass is 565 g/mol. The van der Waals surface area contributed by atoms with Crippen molar-refractivity contribution in [3.63, 3.8) is 0 Å². The molecule has 3 heterocycles. The Morgan fingerprint density at radius 1 is 1.10 bits per heavy atom. The van der Waals surface area contributed by atoms with E-state index in [1.165, 1.54) is 24.1 Å². The predicted octanol–water partition coefficient (Wildman–Crippen LogP) is 4.48. The van der Waals surface area contributed by atoms with Crippen LogP contribution in [0, 0.1) is 11.8 Å². The highest BCUT2D eigenvalue weighted by Gasteiger charge is 2.43. The lowest BCUT2D eigenvalue weighted by atomic mass is 9.76. The molecule has 1 amide bonds. The highest BCUT2D eigenvalue weighted by Crippen LogP contribution is 2.38. The van der Waals surface area contributed by atoms with Gasteiger partial charge in [-0.2, -0.15) is 13.2 Å². The van der Waals surface area contributed by atoms with Crippen LogP contribution in [0.3, 0.4) is 0 Å². The van der Waals surface area contributed by atoms with Gasteiger partial charge in [0.15, 0.2) is 11.4 Å². The van der Waals surface area contributed by atoms with Gasteiger partial charge in [-0.05, 0) is 55.8 Å². The number of nitrogens with one attached hydrogen (secondary N) is 2. The zero-order valence-electron chi connectivity index (χ0n) is 22.4. The smallest absolute Gasteiger partial charge is 0.458 e. The first-order chi connectivity index (χ1) is 19.1. The minimum absolute atomic E-state index is 0.0604. The van der Waals surface area contributed by atoms with E-state index in [0.29, 0.717) is 30.1 Å². The fraction of sp³-hybridized carbons (Fsp3) is 0.607. The number of anilines is 1. The van der Waals surface area contributed by atoms with Gasteiger partial charge in [0.25, 0.3) is 0 Å². The van der Waals surface area contributed by atoms with Gasteiger partial charge >= 0.3 is 18.1 Å². The van der Waals surface area contributed by atoms with E-state index in [1.54, 1.807) is 12.1 Å². The molecule has 0 bridgehead atoms. The number of amides is 1. The van der Waals surface area contributed by atoms with E-state index < -0.39 is 23.9 Å². The van der Waals surface area contributed by atoms with Crippen molar-refractivity contribution < 1.29 is 41.8 Å². The van der Waals surface area contributed by atoms with E-state index >= 15 is 0 Å². The number of alkyl halides is 3. The second-order valence-corrected chi connectivity index (χ2v) is 10.9. The molecule has 3 atom stereocenters. The molecule has 12 heteroatoms. The molecule has 0 radical (unpaired) electrons. The molecule has 2 aliphatic heterocycles. The first kappa shape index (κ1) is 28.4. The van der Waals surface area contributed by atoms with Crippen LogP contribution in [0.2, 0.25) is 0 Å². The van der Waals surface area contributed by atoms with Crippen molar-refractivity contribution in [2.24, 2.45) is 18.9 Å². The Hall–Kier alpha value is -3.12. The Kier molecular flexibility index (Phi) is 8.37. The third kappa shape index (κ3) is 5.97. The van der Waals surface area contributed by atoms with Crippen LogP contribution in [0.25, 0.3) is 10.9 Å². The molecule has 2 N–H and O–H groups in total. The maximum absolute atomic E-state index is 13.3. The molecule has 1 aromatic heterocycles. The van der Waals surface area contributed by atoms with Crippen molar-refractivity contribution in [1.82, 2.24) is 9.88 Å². The second kappa shape index (κ2) is 11.8. The Labute approximate surface area is 229 Å². The van der Waals surface area contributed by atoms with Gasteiger partial charge in [-0.1, -0.05) is 32.1 Å². The Balaban J connectivity index is 1.41. The number of esters is 2. The second-order valence-electron chi connectivity index (χ2n) is 10.9. The lowest BCUT2D eigenvalue weighted by Crippen LogP contribution is -2.42. The number of rotatable bonds is 7. The SMILES string of the molecule is Cn1c(C(=O)OCC2CCCO2)c(OC(=O)C(F)(F)F)c2cc(NC(=O)[C@@H]3NCC[C@H]3C3CCCCC3)ccc21. The summed E-state index contributed by atoms with van der Waals surface area (Å²) in [7, 11) is 1.46. The number of benzene rings is 1. The summed E-state index contributed by atoms with van der Waals surface area (Å²) in [6, 6.07) is 4.18. The number of aryl methyl sites for hydroxylation is 1. The summed E-state index contributed by atoms with van der Waals surface area (Å²) in [6.07, 6.45) is 2.59. The number of halogens is 3. The third-order valence-electron chi connectivity index (χ3n) is 8.27. The van der Waals surface area contributed by atoms with Crippen molar-refractivity contribution in [2.75, 3.05) is 25.1 Å². The lowest BCUT2D eigenvalue weighted by Gasteiger charge is -2.30. The Morgan fingerprint density at radius 2 is 1.88 bits per heavy atom. The van der Waals surface area contributed by atoms with E-state index in [1.807, 2.05) is 0 Å². The average molecular weight is 566 g/mol. The topological polar surface area (TPSA) is 108 Å². The van der Waals surface area contributed by atoms with Crippen molar-refractivity contribution in [3.8, 4) is 5.75 Å². The first-order valence-corrected chi connectivity index (χ1v) is 13.9. The van der Waals surface area contributed by atoms with Crippen molar-refractivity contribution >= 4 is 34.4 Å². The highest BCUT2D eigenvalue weighted by molar-refractivity contribution is 6.05. The van der Waals surface area contributed by atoms with Crippen LogP contribution in [0.5, 0.6) is 5.75 Å². The molecule has 1 aromatic carbocycles. The summed E-state index contributed by atoms with van der Waals surface area (Å²) < 4.78 is 56.3. The number of aromatic nitrogens is 1. The molecule has 3 fully saturated rings. The molecule has 1 unspecified atom stereocenters. The molecule has 9 nitrogen and oxygen atoms in total. The van der Waals surface area contributed by atoms with Crippen LogP contribution in [0.4, 0.5) is 18.9 Å². The van der Waals surface area contributed by atoms with Crippen molar-refractivity contribution in [1.29, 1.82) is 0 Å². The molecule has 1 aliphatic carbocycles. The summed E-state index contributed by atoms with van der Waals surface area (Å²) in [5.41, 5.74) is 0.290. The largest absolute Gasteiger partial charge is 0.491 e. The fourth-order valence-electron chi connectivity index (χ4n) is 6.29. The van der Waals surface area contributed by atoms with E-state index in [0.717, 1.165) is 45.1 Å². The number of carbonyl (C=O) groups is 3. The van der Waals surface area contributed by atoms with Gasteiger partial charge in [0.05, 0.1) is 17.7 Å². The molecule has 2 saturated heterocycles. The lowest BCUT2D eigenvalue weighted by molar-refractivity contribution is -0.189. The Bertz CT molecular complexity index is 1260. The Morgan fingerprint density at radius 3 is 2.58 bits per heavy atom. The highest BCUT2D eigenvalue weighted by atomic mass is 19.4. The number of ether oxygens (including phenoxy) is 3. The summed E-state index contributed by atoms with van der Waals surface area (Å²) in [4.78, 5) is 38.2. The number of carbonyl (C=O) groups excluding carboxylic acids is 3. The maximum atomic E-state index is 13.3. The summed E-state index contributed by atoms with van der Waals surface area (Å²) in [6.45, 7) is 1.20. The number of fused-ring (bicyclic) bond motifs is 1. The van der Waals surface area contributed by atoms with Crippen LogP contribution in [-0.2, 0) is 26.1 Å². The van der Waals surface area contributed by atoms with Crippen LogP contribution in [-0.4, -0.2) is 60.5 Å². The number of hydrogen-bond acceptors (Lipinski definition) is 7. The summed E-state index contributed by atoms with van der Waals surface area (Å²) in [5, 5.41) is 6.23. The predicted molar refractivity (Wildman–Crippen MR) is 139 cm³/mol. The summed E-state index contributed by atoms with van der Waals surface area (Å²) >= 11 is 0. The molecule has 3 aliphatic rings. The van der Waals surface area contributed by atoms with E-state index in [4.69, 9.17) is 14.2 Å². The molecule has 218 valence electrons. The first-order valence-electron chi connectivity index (χ1n) is 13.9. The van der Waals surface area contributed by atoms with Gasteiger partial charge in [0, 0.05) is 24.7 Å². The fourth-order valence-corrected chi connectivity index (χ4v) is 6.29. The van der Waals surface area contributed by atoms with Gasteiger partial charge in [-0.15, -0.1) is 0 Å². The van der Waals surface area contributed by atoms with Gasteiger partial charge in [0.1, 0.15) is 6.61 Å². The van der Waals surface area contributed by atoms with Gasteiger partial charge in [-0.25, -0.2) is 9.59 Å². The van der Waals surface area contributed by atoms with Crippen LogP contribution in [0.1, 0.15) is 61.9 Å². The zero-order chi connectivity index (χ0) is 28.4. The van der Waals surface area contributed by atoms with E-state index in [-0.39, 0.29) is 41.7 Å². The minimum Gasteiger partial charge on any atom is -0.458 e.